The molecule has 5 heavy (non-hydrogen) atoms. The number of rotatable bonds is 1. The summed E-state index contributed by atoms with van der Waals surface area (Å²) in [6.07, 6.45) is 0.750. The highest BCUT2D eigenvalue weighted by Crippen LogP contribution is 2.01. The molecule has 0 radical (unpaired) electrons. The third-order valence-electron chi connectivity index (χ3n) is 0.103. The predicted octanol–water partition coefficient (Wildman–Crippen LogP) is 1.30. The van der Waals surface area contributed by atoms with E-state index in [4.69, 9.17) is 0 Å². The van der Waals surface area contributed by atoms with Crippen LogP contribution in [0.3, 0.4) is 0 Å². The summed E-state index contributed by atoms with van der Waals surface area (Å²) in [6.45, 7) is 0. The average Bonchev–Trinajstić information content (AvgIpc) is 1.38. The zero-order valence-electron chi connectivity index (χ0n) is 2.32. The van der Waals surface area contributed by atoms with Crippen molar-refractivity contribution in [2.75, 3.05) is 0 Å². The SMILES string of the molecule is O=CC(Br)Br. The minimum Gasteiger partial charge on any atom is -0.301 e. The first-order valence-corrected chi connectivity index (χ1v) is 2.84. The molecule has 0 aromatic heterocycles. The van der Waals surface area contributed by atoms with E-state index in [2.05, 4.69) is 31.9 Å². The topological polar surface area (TPSA) is 17.1 Å². The summed E-state index contributed by atoms with van der Waals surface area (Å²) < 4.78 is -0.171. The molecule has 0 heterocycles. The molecule has 0 amide bonds. The number of hydrogen-bond acceptors (Lipinski definition) is 1. The minimum absolute atomic E-state index is 0.171. The second kappa shape index (κ2) is 2.85. The zero-order chi connectivity index (χ0) is 4.28. The zero-order valence-corrected chi connectivity index (χ0v) is 5.49. The summed E-state index contributed by atoms with van der Waals surface area (Å²) in [5, 5.41) is 0. The molecule has 0 aliphatic heterocycles. The van der Waals surface area contributed by atoms with E-state index < -0.39 is 0 Å². The van der Waals surface area contributed by atoms with Gasteiger partial charge in [0.05, 0.1) is 0 Å². The maximum absolute atomic E-state index is 9.41. The lowest BCUT2D eigenvalue weighted by atomic mass is 10.9. The molecule has 0 unspecified atom stereocenters. The fourth-order valence-electron chi connectivity index (χ4n) is 0. The number of hydrogen-bond donors (Lipinski definition) is 0. The highest BCUT2D eigenvalue weighted by atomic mass is 79.9. The Kier molecular flexibility index (Phi) is 3.20. The van der Waals surface area contributed by atoms with Crippen LogP contribution in [0.15, 0.2) is 0 Å². The molecule has 0 rings (SSSR count). The van der Waals surface area contributed by atoms with Crippen LogP contribution in [-0.2, 0) is 4.79 Å². The Bertz CT molecular complexity index is 34.6. The fraction of sp³-hybridized carbons (Fsp3) is 0.500. The molecule has 0 bridgehead atoms. The van der Waals surface area contributed by atoms with Gasteiger partial charge in [-0.3, -0.25) is 0 Å². The van der Waals surface area contributed by atoms with Crippen molar-refractivity contribution in [1.29, 1.82) is 0 Å². The highest BCUT2D eigenvalue weighted by Gasteiger charge is 1.85. The van der Waals surface area contributed by atoms with Crippen molar-refractivity contribution in [2.24, 2.45) is 0 Å². The molecule has 0 atom stereocenters. The quantitative estimate of drug-likeness (QED) is 0.462. The summed E-state index contributed by atoms with van der Waals surface area (Å²) in [4.78, 5) is 9.41. The number of halogens is 2. The van der Waals surface area contributed by atoms with E-state index in [1.165, 1.54) is 0 Å². The molecule has 0 saturated heterocycles. The van der Waals surface area contributed by atoms with E-state index in [1.54, 1.807) is 0 Å². The van der Waals surface area contributed by atoms with Gasteiger partial charge in [-0.1, -0.05) is 31.9 Å². The van der Waals surface area contributed by atoms with Gasteiger partial charge >= 0.3 is 0 Å². The van der Waals surface area contributed by atoms with E-state index >= 15 is 0 Å². The number of aldehydes is 1. The summed E-state index contributed by atoms with van der Waals surface area (Å²) in [5.74, 6) is 0. The molecular weight excluding hydrogens is 200 g/mol. The summed E-state index contributed by atoms with van der Waals surface area (Å²) in [6, 6.07) is 0. The molecule has 0 fully saturated rings. The summed E-state index contributed by atoms with van der Waals surface area (Å²) >= 11 is 5.84. The number of carbonyl (C=O) groups excluding carboxylic acids is 1. The van der Waals surface area contributed by atoms with Crippen molar-refractivity contribution in [1.82, 2.24) is 0 Å². The molecule has 0 spiro atoms. The maximum atomic E-state index is 9.41. The lowest BCUT2D eigenvalue weighted by molar-refractivity contribution is -0.106. The Balaban J connectivity index is 2.83. The summed E-state index contributed by atoms with van der Waals surface area (Å²) in [7, 11) is 0. The average molecular weight is 202 g/mol. The molecule has 3 heteroatoms. The Labute approximate surface area is 47.0 Å². The van der Waals surface area contributed by atoms with Crippen molar-refractivity contribution < 1.29 is 4.79 Å². The van der Waals surface area contributed by atoms with E-state index in [0.29, 0.717) is 0 Å². The van der Waals surface area contributed by atoms with Crippen LogP contribution in [0.25, 0.3) is 0 Å². The van der Waals surface area contributed by atoms with Gasteiger partial charge in [0, 0.05) is 0 Å². The van der Waals surface area contributed by atoms with Gasteiger partial charge < -0.3 is 4.79 Å². The van der Waals surface area contributed by atoms with Crippen molar-refractivity contribution in [3.63, 3.8) is 0 Å². The summed E-state index contributed by atoms with van der Waals surface area (Å²) in [5.41, 5.74) is 0. The normalized spacial score (nSPS) is 8.60. The molecule has 0 aromatic carbocycles. The smallest absolute Gasteiger partial charge is 0.144 e. The first-order chi connectivity index (χ1) is 2.27. The van der Waals surface area contributed by atoms with Gasteiger partial charge in [-0.2, -0.15) is 0 Å². The first-order valence-electron chi connectivity index (χ1n) is 1.01. The van der Waals surface area contributed by atoms with Crippen LogP contribution in [-0.4, -0.2) is 10.0 Å². The van der Waals surface area contributed by atoms with Gasteiger partial charge in [-0.25, -0.2) is 0 Å². The Morgan fingerprint density at radius 1 is 1.60 bits per heavy atom. The second-order valence-electron chi connectivity index (χ2n) is 0.471. The molecule has 0 N–H and O–H groups in total. The number of carbonyl (C=O) groups is 1. The number of alkyl halides is 2. The molecule has 0 aromatic rings. The van der Waals surface area contributed by atoms with E-state index in [0.717, 1.165) is 6.29 Å². The highest BCUT2D eigenvalue weighted by molar-refractivity contribution is 9.25. The largest absolute Gasteiger partial charge is 0.301 e. The minimum atomic E-state index is -0.171. The third-order valence-corrected chi connectivity index (χ3v) is 0.535. The van der Waals surface area contributed by atoms with E-state index in [-0.39, 0.29) is 3.74 Å². The lowest BCUT2D eigenvalue weighted by Gasteiger charge is -1.73. The van der Waals surface area contributed by atoms with Gasteiger partial charge in [0.25, 0.3) is 0 Å². The van der Waals surface area contributed by atoms with Gasteiger partial charge in [0.15, 0.2) is 0 Å². The molecule has 0 aliphatic rings. The van der Waals surface area contributed by atoms with E-state index in [1.807, 2.05) is 0 Å². The van der Waals surface area contributed by atoms with Crippen molar-refractivity contribution in [3.05, 3.63) is 0 Å². The predicted molar refractivity (Wildman–Crippen MR) is 27.7 cm³/mol. The molecule has 30 valence electrons. The van der Waals surface area contributed by atoms with Crippen LogP contribution < -0.4 is 0 Å². The van der Waals surface area contributed by atoms with Crippen LogP contribution in [0.2, 0.25) is 0 Å². The Hall–Kier alpha value is 0.630. The van der Waals surface area contributed by atoms with Gasteiger partial charge in [-0.15, -0.1) is 0 Å². The standard InChI is InChI=1S/C2H2Br2O/c3-2(4)1-5/h1-2H. The van der Waals surface area contributed by atoms with Crippen LogP contribution in [0.1, 0.15) is 0 Å². The van der Waals surface area contributed by atoms with Crippen LogP contribution in [0.5, 0.6) is 0 Å². The molecule has 0 saturated carbocycles. The van der Waals surface area contributed by atoms with Crippen LogP contribution >= 0.6 is 31.9 Å². The van der Waals surface area contributed by atoms with Gasteiger partial charge in [0.1, 0.15) is 10.0 Å². The van der Waals surface area contributed by atoms with Gasteiger partial charge in [-0.05, 0) is 0 Å². The molecule has 0 aliphatic carbocycles. The van der Waals surface area contributed by atoms with Crippen molar-refractivity contribution >= 4 is 38.1 Å². The maximum Gasteiger partial charge on any atom is 0.144 e. The Morgan fingerprint density at radius 3 is 1.80 bits per heavy atom. The molecule has 1 nitrogen and oxygen atoms in total. The van der Waals surface area contributed by atoms with Crippen molar-refractivity contribution in [2.45, 2.75) is 3.74 Å². The van der Waals surface area contributed by atoms with Crippen molar-refractivity contribution in [3.8, 4) is 0 Å². The van der Waals surface area contributed by atoms with Gasteiger partial charge in [0.2, 0.25) is 0 Å². The van der Waals surface area contributed by atoms with E-state index in [9.17, 15) is 4.79 Å². The lowest BCUT2D eigenvalue weighted by Crippen LogP contribution is -1.79. The first kappa shape index (κ1) is 5.63. The second-order valence-corrected chi connectivity index (χ2v) is 3.67. The molecular formula is C2H2Br2O. The van der Waals surface area contributed by atoms with Crippen LogP contribution in [0.4, 0.5) is 0 Å². The fourth-order valence-corrected chi connectivity index (χ4v) is 0. The third kappa shape index (κ3) is 4.63. The van der Waals surface area contributed by atoms with Crippen LogP contribution in [0, 0.1) is 0 Å². The Morgan fingerprint density at radius 2 is 1.80 bits per heavy atom. The monoisotopic (exact) mass is 200 g/mol.